The molecule has 0 unspecified atom stereocenters. The van der Waals surface area contributed by atoms with Crippen molar-refractivity contribution in [3.8, 4) is 11.5 Å². The Labute approximate surface area is 190 Å². The predicted molar refractivity (Wildman–Crippen MR) is 123 cm³/mol. The highest BCUT2D eigenvalue weighted by Crippen LogP contribution is 2.40. The first kappa shape index (κ1) is 21.8. The van der Waals surface area contributed by atoms with Gasteiger partial charge in [0, 0.05) is 6.54 Å². The van der Waals surface area contributed by atoms with Gasteiger partial charge >= 0.3 is 0 Å². The van der Waals surface area contributed by atoms with Gasteiger partial charge in [0.05, 0.1) is 36.7 Å². The summed E-state index contributed by atoms with van der Waals surface area (Å²) in [4.78, 5) is 28.4. The summed E-state index contributed by atoms with van der Waals surface area (Å²) in [5, 5.41) is 0. The smallest absolute Gasteiger partial charge is 0.268 e. The maximum atomic E-state index is 13.4. The molecule has 2 amide bonds. The van der Waals surface area contributed by atoms with Crippen LogP contribution in [-0.2, 0) is 21.8 Å². The van der Waals surface area contributed by atoms with Crippen LogP contribution < -0.4 is 9.47 Å². The molecule has 4 rings (SSSR count). The van der Waals surface area contributed by atoms with E-state index in [2.05, 4.69) is 0 Å². The van der Waals surface area contributed by atoms with Gasteiger partial charge in [-0.25, -0.2) is 0 Å². The Morgan fingerprint density at radius 2 is 1.69 bits per heavy atom. The summed E-state index contributed by atoms with van der Waals surface area (Å²) in [5.74, 6) is 1.64. The summed E-state index contributed by atoms with van der Waals surface area (Å²) in [6, 6.07) is 18.7. The number of hydrogen-bond acceptors (Lipinski definition) is 6. The van der Waals surface area contributed by atoms with Crippen molar-refractivity contribution in [3.63, 3.8) is 0 Å². The minimum atomic E-state index is -0.305. The Morgan fingerprint density at radius 3 is 2.38 bits per heavy atom. The zero-order valence-electron chi connectivity index (χ0n) is 17.9. The summed E-state index contributed by atoms with van der Waals surface area (Å²) < 4.78 is 16.1. The van der Waals surface area contributed by atoms with E-state index in [9.17, 15) is 9.59 Å². The number of ether oxygens (including phenoxy) is 2. The van der Waals surface area contributed by atoms with Gasteiger partial charge in [-0.05, 0) is 41.8 Å². The molecule has 0 radical (unpaired) electrons. The summed E-state index contributed by atoms with van der Waals surface area (Å²) in [6.45, 7) is 0.309. The van der Waals surface area contributed by atoms with Crippen LogP contribution in [0.3, 0.4) is 0 Å². The van der Waals surface area contributed by atoms with Gasteiger partial charge in [0.2, 0.25) is 0 Å². The highest BCUT2D eigenvalue weighted by molar-refractivity contribution is 8.03. The van der Waals surface area contributed by atoms with Crippen molar-refractivity contribution in [2.75, 3.05) is 20.8 Å². The van der Waals surface area contributed by atoms with Crippen LogP contribution in [0, 0.1) is 0 Å². The van der Waals surface area contributed by atoms with Crippen molar-refractivity contribution in [2.45, 2.75) is 12.2 Å². The predicted octanol–water partition coefficient (Wildman–Crippen LogP) is 4.55. The molecular weight excluding hydrogens is 426 g/mol. The van der Waals surface area contributed by atoms with E-state index in [-0.39, 0.29) is 11.8 Å². The second kappa shape index (κ2) is 9.78. The molecule has 0 aliphatic carbocycles. The van der Waals surface area contributed by atoms with Gasteiger partial charge in [-0.3, -0.25) is 14.5 Å². The molecule has 1 aliphatic heterocycles. The highest BCUT2D eigenvalue weighted by Gasteiger charge is 2.39. The molecule has 164 valence electrons. The SMILES string of the molecule is COc1ccc(C2=C(SCc3ccco3)C(=O)N(CCc3ccccc3)C2=O)cc1OC. The molecule has 0 saturated heterocycles. The number of hydrogen-bond donors (Lipinski definition) is 0. The van der Waals surface area contributed by atoms with Gasteiger partial charge in [-0.1, -0.05) is 36.4 Å². The van der Waals surface area contributed by atoms with Crippen LogP contribution in [0.25, 0.3) is 5.57 Å². The average molecular weight is 450 g/mol. The monoisotopic (exact) mass is 449 g/mol. The molecule has 2 heterocycles. The Morgan fingerprint density at radius 1 is 0.906 bits per heavy atom. The number of thioether (sulfide) groups is 1. The third kappa shape index (κ3) is 4.43. The lowest BCUT2D eigenvalue weighted by Gasteiger charge is -2.15. The lowest BCUT2D eigenvalue weighted by Crippen LogP contribution is -2.33. The Kier molecular flexibility index (Phi) is 6.66. The van der Waals surface area contributed by atoms with Crippen LogP contribution in [0.1, 0.15) is 16.9 Å². The molecule has 0 saturated carbocycles. The molecule has 0 fully saturated rings. The van der Waals surface area contributed by atoms with Gasteiger partial charge in [0.1, 0.15) is 5.76 Å². The lowest BCUT2D eigenvalue weighted by molar-refractivity contribution is -0.136. The summed E-state index contributed by atoms with van der Waals surface area (Å²) in [7, 11) is 3.09. The first-order valence-corrected chi connectivity index (χ1v) is 11.1. The largest absolute Gasteiger partial charge is 0.493 e. The van der Waals surface area contributed by atoms with E-state index in [4.69, 9.17) is 13.9 Å². The number of furan rings is 1. The van der Waals surface area contributed by atoms with Crippen molar-refractivity contribution in [2.24, 2.45) is 0 Å². The van der Waals surface area contributed by atoms with Crippen LogP contribution in [0.15, 0.2) is 76.2 Å². The number of methoxy groups -OCH3 is 2. The zero-order valence-corrected chi connectivity index (χ0v) is 18.7. The minimum absolute atomic E-state index is 0.285. The maximum Gasteiger partial charge on any atom is 0.268 e. The summed E-state index contributed by atoms with van der Waals surface area (Å²) in [5.41, 5.74) is 2.06. The quantitative estimate of drug-likeness (QED) is 0.447. The van der Waals surface area contributed by atoms with E-state index in [1.807, 2.05) is 36.4 Å². The first-order chi connectivity index (χ1) is 15.6. The molecule has 1 aliphatic rings. The maximum absolute atomic E-state index is 13.4. The standard InChI is InChI=1S/C25H23NO5S/c1-29-20-11-10-18(15-21(20)30-2)22-23(32-16-19-9-6-14-31-19)25(28)26(24(22)27)13-12-17-7-4-3-5-8-17/h3-11,14-15H,12-13,16H2,1-2H3. The third-order valence-corrected chi connectivity index (χ3v) is 6.30. The molecule has 0 atom stereocenters. The van der Waals surface area contributed by atoms with Crippen LogP contribution in [0.5, 0.6) is 11.5 Å². The topological polar surface area (TPSA) is 69.0 Å². The summed E-state index contributed by atoms with van der Waals surface area (Å²) in [6.07, 6.45) is 2.18. The minimum Gasteiger partial charge on any atom is -0.493 e. The molecule has 0 N–H and O–H groups in total. The van der Waals surface area contributed by atoms with Crippen LogP contribution in [0.2, 0.25) is 0 Å². The fourth-order valence-corrected chi connectivity index (χ4v) is 4.59. The van der Waals surface area contributed by atoms with E-state index in [1.54, 1.807) is 37.6 Å². The van der Waals surface area contributed by atoms with E-state index in [1.165, 1.54) is 23.8 Å². The fraction of sp³-hybridized carbons (Fsp3) is 0.200. The second-order valence-electron chi connectivity index (χ2n) is 7.14. The van der Waals surface area contributed by atoms with Crippen molar-refractivity contribution >= 4 is 29.1 Å². The molecule has 32 heavy (non-hydrogen) atoms. The molecular formula is C25H23NO5S. The molecule has 1 aromatic heterocycles. The van der Waals surface area contributed by atoms with Crippen molar-refractivity contribution < 1.29 is 23.5 Å². The number of imide groups is 1. The summed E-state index contributed by atoms with van der Waals surface area (Å²) >= 11 is 1.31. The van der Waals surface area contributed by atoms with Crippen LogP contribution in [0.4, 0.5) is 0 Å². The normalized spacial score (nSPS) is 13.8. The van der Waals surface area contributed by atoms with Gasteiger partial charge in [0.15, 0.2) is 11.5 Å². The Hall–Kier alpha value is -3.45. The van der Waals surface area contributed by atoms with Gasteiger partial charge < -0.3 is 13.9 Å². The first-order valence-electron chi connectivity index (χ1n) is 10.1. The van der Waals surface area contributed by atoms with Crippen LogP contribution in [-0.4, -0.2) is 37.5 Å². The lowest BCUT2D eigenvalue weighted by atomic mass is 10.1. The van der Waals surface area contributed by atoms with Crippen molar-refractivity contribution in [3.05, 3.63) is 88.7 Å². The van der Waals surface area contributed by atoms with E-state index in [0.717, 1.165) is 11.3 Å². The molecule has 3 aromatic rings. The van der Waals surface area contributed by atoms with Gasteiger partial charge in [-0.2, -0.15) is 0 Å². The van der Waals surface area contributed by atoms with E-state index < -0.39 is 0 Å². The Bertz CT molecular complexity index is 1140. The average Bonchev–Trinajstić information content (AvgIpc) is 3.43. The molecule has 2 aromatic carbocycles. The van der Waals surface area contributed by atoms with Crippen molar-refractivity contribution in [1.29, 1.82) is 0 Å². The highest BCUT2D eigenvalue weighted by atomic mass is 32.2. The number of carbonyl (C=O) groups excluding carboxylic acids is 2. The molecule has 0 bridgehead atoms. The Balaban J connectivity index is 1.66. The molecule has 0 spiro atoms. The van der Waals surface area contributed by atoms with E-state index in [0.29, 0.717) is 46.3 Å². The number of carbonyl (C=O) groups is 2. The molecule has 6 nitrogen and oxygen atoms in total. The van der Waals surface area contributed by atoms with E-state index >= 15 is 0 Å². The second-order valence-corrected chi connectivity index (χ2v) is 8.13. The zero-order chi connectivity index (χ0) is 22.5. The third-order valence-electron chi connectivity index (χ3n) is 5.20. The number of rotatable bonds is 9. The molecule has 7 heteroatoms. The van der Waals surface area contributed by atoms with Gasteiger partial charge in [0.25, 0.3) is 11.8 Å². The van der Waals surface area contributed by atoms with Crippen LogP contribution >= 0.6 is 11.8 Å². The van der Waals surface area contributed by atoms with Crippen molar-refractivity contribution in [1.82, 2.24) is 4.90 Å². The number of nitrogens with zero attached hydrogens (tertiary/aromatic N) is 1. The van der Waals surface area contributed by atoms with Gasteiger partial charge in [-0.15, -0.1) is 11.8 Å². The number of benzene rings is 2. The number of amides is 2. The fourth-order valence-electron chi connectivity index (χ4n) is 3.56.